The molecule has 0 aliphatic rings. The third-order valence-corrected chi connectivity index (χ3v) is 2.88. The van der Waals surface area contributed by atoms with Crippen molar-refractivity contribution in [2.24, 2.45) is 5.10 Å². The summed E-state index contributed by atoms with van der Waals surface area (Å²) >= 11 is 4.94. The fourth-order valence-corrected chi connectivity index (χ4v) is 1.82. The van der Waals surface area contributed by atoms with Gasteiger partial charge in [-0.1, -0.05) is 12.1 Å². The van der Waals surface area contributed by atoms with E-state index < -0.39 is 11.7 Å². The van der Waals surface area contributed by atoms with E-state index in [4.69, 9.17) is 16.6 Å². The second kappa shape index (κ2) is 6.61. The normalized spacial score (nSPS) is 12.1. The molecule has 2 N–H and O–H groups in total. The Bertz CT molecular complexity index is 681. The maximum Gasteiger partial charge on any atom is 0.418 e. The van der Waals surface area contributed by atoms with E-state index in [1.807, 2.05) is 0 Å². The molecular weight excluding hydrogens is 315 g/mol. The lowest BCUT2D eigenvalue weighted by Gasteiger charge is -2.14. The molecule has 22 heavy (non-hydrogen) atoms. The van der Waals surface area contributed by atoms with Crippen molar-refractivity contribution in [1.29, 1.82) is 0 Å². The van der Waals surface area contributed by atoms with Crippen molar-refractivity contribution in [1.82, 2.24) is 5.43 Å². The first-order valence-corrected chi connectivity index (χ1v) is 6.60. The highest BCUT2D eigenvalue weighted by Crippen LogP contribution is 2.34. The van der Waals surface area contributed by atoms with Crippen molar-refractivity contribution >= 4 is 28.7 Å². The number of furan rings is 1. The quantitative estimate of drug-likeness (QED) is 0.508. The Hall–Kier alpha value is -2.35. The van der Waals surface area contributed by atoms with Crippen LogP contribution in [0, 0.1) is 0 Å². The van der Waals surface area contributed by atoms with Crippen LogP contribution in [0.3, 0.4) is 0 Å². The zero-order valence-electron chi connectivity index (χ0n) is 11.4. The summed E-state index contributed by atoms with van der Waals surface area (Å²) < 4.78 is 43.7. The molecule has 2 rings (SSSR count). The zero-order chi connectivity index (χ0) is 16.2. The van der Waals surface area contributed by atoms with Crippen LogP contribution in [-0.2, 0) is 6.18 Å². The van der Waals surface area contributed by atoms with Gasteiger partial charge in [0.15, 0.2) is 5.11 Å². The molecule has 4 nitrogen and oxygen atoms in total. The first kappa shape index (κ1) is 16.0. The van der Waals surface area contributed by atoms with Crippen LogP contribution < -0.4 is 10.7 Å². The fourth-order valence-electron chi connectivity index (χ4n) is 1.66. The Morgan fingerprint density at radius 3 is 2.55 bits per heavy atom. The van der Waals surface area contributed by atoms with Gasteiger partial charge in [-0.2, -0.15) is 18.3 Å². The summed E-state index contributed by atoms with van der Waals surface area (Å²) in [6, 6.07) is 8.46. The summed E-state index contributed by atoms with van der Waals surface area (Å²) in [6.07, 6.45) is -2.98. The van der Waals surface area contributed by atoms with Gasteiger partial charge in [-0.15, -0.1) is 0 Å². The van der Waals surface area contributed by atoms with Gasteiger partial charge in [0.25, 0.3) is 0 Å². The van der Waals surface area contributed by atoms with Crippen LogP contribution in [0.25, 0.3) is 0 Å². The summed E-state index contributed by atoms with van der Waals surface area (Å²) in [4.78, 5) is 0. The van der Waals surface area contributed by atoms with E-state index in [2.05, 4.69) is 15.8 Å². The van der Waals surface area contributed by atoms with Crippen LogP contribution in [0.15, 0.2) is 52.2 Å². The van der Waals surface area contributed by atoms with Gasteiger partial charge in [-0.3, -0.25) is 5.43 Å². The Kier molecular flexibility index (Phi) is 4.81. The van der Waals surface area contributed by atoms with Gasteiger partial charge < -0.3 is 9.73 Å². The standard InChI is InChI=1S/C14H12F3N3OS/c1-9(12-7-4-8-21-12)19-20-13(22)18-11-6-3-2-5-10(11)14(15,16)17/h2-8H,1H3,(H2,18,20,22)/b19-9+. The molecule has 0 atom stereocenters. The molecule has 1 aromatic carbocycles. The fraction of sp³-hybridized carbons (Fsp3) is 0.143. The number of nitrogens with one attached hydrogen (secondary N) is 2. The molecule has 1 aromatic heterocycles. The second-order valence-corrected chi connectivity index (χ2v) is 4.69. The van der Waals surface area contributed by atoms with Crippen molar-refractivity contribution in [3.8, 4) is 0 Å². The summed E-state index contributed by atoms with van der Waals surface area (Å²) in [7, 11) is 0. The van der Waals surface area contributed by atoms with Crippen molar-refractivity contribution in [2.45, 2.75) is 13.1 Å². The lowest BCUT2D eigenvalue weighted by molar-refractivity contribution is -0.136. The van der Waals surface area contributed by atoms with E-state index in [1.165, 1.54) is 24.5 Å². The van der Waals surface area contributed by atoms with Gasteiger partial charge in [0.1, 0.15) is 11.5 Å². The van der Waals surface area contributed by atoms with Crippen molar-refractivity contribution in [3.05, 3.63) is 54.0 Å². The Morgan fingerprint density at radius 1 is 1.18 bits per heavy atom. The molecule has 0 saturated carbocycles. The zero-order valence-corrected chi connectivity index (χ0v) is 12.3. The number of benzene rings is 1. The Morgan fingerprint density at radius 2 is 1.91 bits per heavy atom. The number of rotatable bonds is 3. The lowest BCUT2D eigenvalue weighted by atomic mass is 10.2. The maximum absolute atomic E-state index is 12.9. The average molecular weight is 327 g/mol. The van der Waals surface area contributed by atoms with Crippen molar-refractivity contribution < 1.29 is 17.6 Å². The third kappa shape index (κ3) is 4.08. The number of alkyl halides is 3. The first-order chi connectivity index (χ1) is 10.4. The Labute approximate surface area is 130 Å². The predicted octanol–water partition coefficient (Wildman–Crippen LogP) is 4.01. The van der Waals surface area contributed by atoms with Crippen LogP contribution in [0.4, 0.5) is 18.9 Å². The molecule has 1 heterocycles. The minimum atomic E-state index is -4.47. The largest absolute Gasteiger partial charge is 0.463 e. The van der Waals surface area contributed by atoms with Crippen LogP contribution in [0.2, 0.25) is 0 Å². The van der Waals surface area contributed by atoms with E-state index in [9.17, 15) is 13.2 Å². The van der Waals surface area contributed by atoms with Crippen LogP contribution >= 0.6 is 12.2 Å². The van der Waals surface area contributed by atoms with E-state index >= 15 is 0 Å². The van der Waals surface area contributed by atoms with Gasteiger partial charge in [-0.05, 0) is 43.4 Å². The SMILES string of the molecule is C/C(=N\NC(=S)Nc1ccccc1C(F)(F)F)c1ccco1. The van der Waals surface area contributed by atoms with Crippen molar-refractivity contribution in [2.75, 3.05) is 5.32 Å². The molecule has 0 fully saturated rings. The molecule has 0 aliphatic carbocycles. The van der Waals surface area contributed by atoms with E-state index in [-0.39, 0.29) is 10.8 Å². The topological polar surface area (TPSA) is 49.6 Å². The summed E-state index contributed by atoms with van der Waals surface area (Å²) in [6.45, 7) is 1.68. The monoisotopic (exact) mass is 327 g/mol. The lowest BCUT2D eigenvalue weighted by Crippen LogP contribution is -2.26. The van der Waals surface area contributed by atoms with Crippen LogP contribution in [0.1, 0.15) is 18.2 Å². The molecule has 8 heteroatoms. The smallest absolute Gasteiger partial charge is 0.418 e. The Balaban J connectivity index is 2.06. The number of para-hydroxylation sites is 1. The molecule has 0 spiro atoms. The first-order valence-electron chi connectivity index (χ1n) is 6.19. The summed E-state index contributed by atoms with van der Waals surface area (Å²) in [5.41, 5.74) is 2.05. The molecule has 116 valence electrons. The summed E-state index contributed by atoms with van der Waals surface area (Å²) in [5.74, 6) is 0.533. The molecule has 0 bridgehead atoms. The van der Waals surface area contributed by atoms with Crippen LogP contribution in [-0.4, -0.2) is 10.8 Å². The molecule has 0 saturated heterocycles. The minimum absolute atomic E-state index is 0.0531. The predicted molar refractivity (Wildman–Crippen MR) is 81.7 cm³/mol. The van der Waals surface area contributed by atoms with E-state index in [1.54, 1.807) is 19.1 Å². The number of halogens is 3. The molecule has 2 aromatic rings. The molecule has 0 unspecified atom stereocenters. The summed E-state index contributed by atoms with van der Waals surface area (Å²) in [5, 5.41) is 6.37. The number of hydrogen-bond acceptors (Lipinski definition) is 3. The molecule has 0 amide bonds. The minimum Gasteiger partial charge on any atom is -0.463 e. The highest BCUT2D eigenvalue weighted by molar-refractivity contribution is 7.80. The number of hydrogen-bond donors (Lipinski definition) is 2. The number of thiocarbonyl (C=S) groups is 1. The van der Waals surface area contributed by atoms with Crippen molar-refractivity contribution in [3.63, 3.8) is 0 Å². The van der Waals surface area contributed by atoms with E-state index in [0.29, 0.717) is 11.5 Å². The van der Waals surface area contributed by atoms with Gasteiger partial charge >= 0.3 is 6.18 Å². The third-order valence-electron chi connectivity index (χ3n) is 2.68. The second-order valence-electron chi connectivity index (χ2n) is 4.28. The van der Waals surface area contributed by atoms with Gasteiger partial charge in [0, 0.05) is 0 Å². The average Bonchev–Trinajstić information content (AvgIpc) is 2.98. The van der Waals surface area contributed by atoms with Gasteiger partial charge in [0.2, 0.25) is 0 Å². The van der Waals surface area contributed by atoms with Crippen LogP contribution in [0.5, 0.6) is 0 Å². The number of hydrazone groups is 1. The number of anilines is 1. The highest BCUT2D eigenvalue weighted by Gasteiger charge is 2.33. The van der Waals surface area contributed by atoms with Gasteiger partial charge in [-0.25, -0.2) is 0 Å². The van der Waals surface area contributed by atoms with E-state index in [0.717, 1.165) is 6.07 Å². The maximum atomic E-state index is 12.9. The van der Waals surface area contributed by atoms with Gasteiger partial charge in [0.05, 0.1) is 17.5 Å². The highest BCUT2D eigenvalue weighted by atomic mass is 32.1. The molecular formula is C14H12F3N3OS. The molecule has 0 aliphatic heterocycles. The number of nitrogens with zero attached hydrogens (tertiary/aromatic N) is 1. The molecule has 0 radical (unpaired) electrons.